The molecule has 6 nitrogen and oxygen atoms in total. The first-order valence-electron chi connectivity index (χ1n) is 9.30. The van der Waals surface area contributed by atoms with Crippen molar-refractivity contribution in [3.05, 3.63) is 60.2 Å². The Labute approximate surface area is 159 Å². The molecular formula is C21H26N2O4. The molecular weight excluding hydrogens is 344 g/mol. The van der Waals surface area contributed by atoms with Gasteiger partial charge in [0.2, 0.25) is 0 Å². The predicted molar refractivity (Wildman–Crippen MR) is 104 cm³/mol. The Kier molecular flexibility index (Phi) is 6.68. The summed E-state index contributed by atoms with van der Waals surface area (Å²) in [5, 5.41) is 22.1. The molecule has 6 heteroatoms. The highest BCUT2D eigenvalue weighted by molar-refractivity contribution is 5.89. The summed E-state index contributed by atoms with van der Waals surface area (Å²) in [7, 11) is 0. The van der Waals surface area contributed by atoms with Gasteiger partial charge in [-0.1, -0.05) is 36.4 Å². The van der Waals surface area contributed by atoms with E-state index in [0.29, 0.717) is 31.0 Å². The molecule has 2 atom stereocenters. The van der Waals surface area contributed by atoms with Gasteiger partial charge in [0.05, 0.1) is 25.4 Å². The molecule has 0 unspecified atom stereocenters. The average molecular weight is 370 g/mol. The SMILES string of the molecule is O=C(Nc1cccc(OCCCc2ccccc2)c1)N1CC[C@@H](O)[C@H](O)C1. The van der Waals surface area contributed by atoms with Crippen LogP contribution < -0.4 is 10.1 Å². The van der Waals surface area contributed by atoms with Gasteiger partial charge in [0.1, 0.15) is 5.75 Å². The zero-order chi connectivity index (χ0) is 19.1. The lowest BCUT2D eigenvalue weighted by atomic mass is 10.1. The Balaban J connectivity index is 1.46. The van der Waals surface area contributed by atoms with E-state index in [-0.39, 0.29) is 12.6 Å². The zero-order valence-corrected chi connectivity index (χ0v) is 15.3. The first-order valence-corrected chi connectivity index (χ1v) is 9.30. The van der Waals surface area contributed by atoms with Crippen LogP contribution in [0.1, 0.15) is 18.4 Å². The van der Waals surface area contributed by atoms with E-state index in [4.69, 9.17) is 4.74 Å². The van der Waals surface area contributed by atoms with Crippen LogP contribution in [-0.4, -0.2) is 53.0 Å². The maximum absolute atomic E-state index is 12.3. The molecule has 1 aliphatic rings. The summed E-state index contributed by atoms with van der Waals surface area (Å²) in [6.45, 7) is 1.14. The summed E-state index contributed by atoms with van der Waals surface area (Å²) >= 11 is 0. The van der Waals surface area contributed by atoms with Crippen LogP contribution in [-0.2, 0) is 6.42 Å². The Hall–Kier alpha value is -2.57. The van der Waals surface area contributed by atoms with Gasteiger partial charge in [0, 0.05) is 18.3 Å². The molecule has 1 fully saturated rings. The van der Waals surface area contributed by atoms with Crippen molar-refractivity contribution in [1.29, 1.82) is 0 Å². The zero-order valence-electron chi connectivity index (χ0n) is 15.3. The maximum Gasteiger partial charge on any atom is 0.321 e. The van der Waals surface area contributed by atoms with Crippen molar-refractivity contribution in [3.8, 4) is 5.75 Å². The molecule has 2 aromatic carbocycles. The Morgan fingerprint density at radius 3 is 2.70 bits per heavy atom. The second-order valence-electron chi connectivity index (χ2n) is 6.76. The van der Waals surface area contributed by atoms with E-state index in [1.807, 2.05) is 30.3 Å². The van der Waals surface area contributed by atoms with Crippen LogP contribution in [0.3, 0.4) is 0 Å². The number of hydrogen-bond donors (Lipinski definition) is 3. The van der Waals surface area contributed by atoms with Crippen molar-refractivity contribution < 1.29 is 19.7 Å². The quantitative estimate of drug-likeness (QED) is 0.683. The number of nitrogens with one attached hydrogen (secondary N) is 1. The summed E-state index contributed by atoms with van der Waals surface area (Å²) in [5.41, 5.74) is 1.93. The largest absolute Gasteiger partial charge is 0.494 e. The minimum atomic E-state index is -0.899. The molecule has 2 amide bonds. The summed E-state index contributed by atoms with van der Waals surface area (Å²) in [6, 6.07) is 17.3. The number of aliphatic hydroxyl groups excluding tert-OH is 2. The number of benzene rings is 2. The molecule has 0 aliphatic carbocycles. The summed E-state index contributed by atoms with van der Waals surface area (Å²) in [6.07, 6.45) is 0.583. The highest BCUT2D eigenvalue weighted by Gasteiger charge is 2.28. The van der Waals surface area contributed by atoms with E-state index in [1.54, 1.807) is 12.1 Å². The van der Waals surface area contributed by atoms with Crippen molar-refractivity contribution in [2.24, 2.45) is 0 Å². The van der Waals surface area contributed by atoms with Crippen LogP contribution in [0.5, 0.6) is 5.75 Å². The third-order valence-electron chi connectivity index (χ3n) is 4.64. The molecule has 1 saturated heterocycles. The van der Waals surface area contributed by atoms with Gasteiger partial charge < -0.3 is 25.2 Å². The summed E-state index contributed by atoms with van der Waals surface area (Å²) in [5.74, 6) is 0.704. The first kappa shape index (κ1) is 19.2. The van der Waals surface area contributed by atoms with Crippen LogP contribution in [0.25, 0.3) is 0 Å². The molecule has 2 aromatic rings. The number of piperidine rings is 1. The van der Waals surface area contributed by atoms with Crippen molar-refractivity contribution in [3.63, 3.8) is 0 Å². The fraction of sp³-hybridized carbons (Fsp3) is 0.381. The second kappa shape index (κ2) is 9.39. The second-order valence-corrected chi connectivity index (χ2v) is 6.76. The lowest BCUT2D eigenvalue weighted by molar-refractivity contribution is -0.0263. The Bertz CT molecular complexity index is 738. The number of hydrogen-bond acceptors (Lipinski definition) is 4. The smallest absolute Gasteiger partial charge is 0.321 e. The van der Waals surface area contributed by atoms with Gasteiger partial charge in [-0.25, -0.2) is 4.79 Å². The van der Waals surface area contributed by atoms with E-state index >= 15 is 0 Å². The van der Waals surface area contributed by atoms with E-state index in [0.717, 1.165) is 12.8 Å². The van der Waals surface area contributed by atoms with Crippen LogP contribution in [0.2, 0.25) is 0 Å². The van der Waals surface area contributed by atoms with E-state index in [2.05, 4.69) is 17.4 Å². The molecule has 0 saturated carbocycles. The first-order chi connectivity index (χ1) is 13.1. The molecule has 0 spiro atoms. The van der Waals surface area contributed by atoms with Gasteiger partial charge in [-0.3, -0.25) is 0 Å². The number of aliphatic hydroxyl groups is 2. The van der Waals surface area contributed by atoms with Crippen molar-refractivity contribution in [1.82, 2.24) is 4.90 Å². The number of likely N-dealkylation sites (tertiary alicyclic amines) is 1. The molecule has 27 heavy (non-hydrogen) atoms. The van der Waals surface area contributed by atoms with Gasteiger partial charge in [-0.2, -0.15) is 0 Å². The molecule has 3 rings (SSSR count). The van der Waals surface area contributed by atoms with Crippen LogP contribution in [0, 0.1) is 0 Å². The highest BCUT2D eigenvalue weighted by Crippen LogP contribution is 2.19. The number of ether oxygens (including phenoxy) is 1. The molecule has 144 valence electrons. The third-order valence-corrected chi connectivity index (χ3v) is 4.64. The standard InChI is InChI=1S/C21H26N2O4/c24-19-11-12-23(15-20(19)25)21(26)22-17-9-4-10-18(14-17)27-13-5-8-16-6-2-1-3-7-16/h1-4,6-7,9-10,14,19-20,24-25H,5,8,11-13,15H2,(H,22,26)/t19-,20-/m1/s1. The van der Waals surface area contributed by atoms with Gasteiger partial charge in [0.25, 0.3) is 0 Å². The number of nitrogens with zero attached hydrogens (tertiary/aromatic N) is 1. The number of anilines is 1. The maximum atomic E-state index is 12.3. The van der Waals surface area contributed by atoms with Crippen molar-refractivity contribution >= 4 is 11.7 Å². The van der Waals surface area contributed by atoms with E-state index < -0.39 is 12.2 Å². The minimum Gasteiger partial charge on any atom is -0.494 e. The summed E-state index contributed by atoms with van der Waals surface area (Å²) < 4.78 is 5.79. The van der Waals surface area contributed by atoms with E-state index in [1.165, 1.54) is 10.5 Å². The molecule has 0 aromatic heterocycles. The number of rotatable bonds is 6. The van der Waals surface area contributed by atoms with Gasteiger partial charge >= 0.3 is 6.03 Å². The van der Waals surface area contributed by atoms with Crippen molar-refractivity contribution in [2.75, 3.05) is 25.0 Å². The van der Waals surface area contributed by atoms with Crippen LogP contribution >= 0.6 is 0 Å². The summed E-state index contributed by atoms with van der Waals surface area (Å²) in [4.78, 5) is 13.8. The van der Waals surface area contributed by atoms with E-state index in [9.17, 15) is 15.0 Å². The monoisotopic (exact) mass is 370 g/mol. The fourth-order valence-corrected chi connectivity index (χ4v) is 3.08. The van der Waals surface area contributed by atoms with Gasteiger partial charge in [-0.15, -0.1) is 0 Å². The number of β-amino-alcohol motifs (C(OH)–C–C–N with tert-alkyl or cyclic N) is 1. The van der Waals surface area contributed by atoms with Gasteiger partial charge in [-0.05, 0) is 37.0 Å². The number of carbonyl (C=O) groups excluding carboxylic acids is 1. The average Bonchev–Trinajstić information content (AvgIpc) is 2.68. The third kappa shape index (κ3) is 5.70. The predicted octanol–water partition coefficient (Wildman–Crippen LogP) is 2.66. The minimum absolute atomic E-state index is 0.128. The van der Waals surface area contributed by atoms with Crippen molar-refractivity contribution in [2.45, 2.75) is 31.5 Å². The lowest BCUT2D eigenvalue weighted by Gasteiger charge is -2.33. The number of urea groups is 1. The normalized spacial score (nSPS) is 19.6. The molecule has 1 heterocycles. The molecule has 1 aliphatic heterocycles. The number of aryl methyl sites for hydroxylation is 1. The molecule has 0 radical (unpaired) electrons. The topological polar surface area (TPSA) is 82.0 Å². The Morgan fingerprint density at radius 1 is 1.11 bits per heavy atom. The van der Waals surface area contributed by atoms with Gasteiger partial charge in [0.15, 0.2) is 0 Å². The van der Waals surface area contributed by atoms with Crippen LogP contribution in [0.15, 0.2) is 54.6 Å². The lowest BCUT2D eigenvalue weighted by Crippen LogP contribution is -2.50. The Morgan fingerprint density at radius 2 is 1.93 bits per heavy atom. The van der Waals surface area contributed by atoms with Crippen LogP contribution in [0.4, 0.5) is 10.5 Å². The molecule has 0 bridgehead atoms. The highest BCUT2D eigenvalue weighted by atomic mass is 16.5. The number of carbonyl (C=O) groups is 1. The molecule has 3 N–H and O–H groups in total. The number of amides is 2. The fourth-order valence-electron chi connectivity index (χ4n) is 3.08.